The summed E-state index contributed by atoms with van der Waals surface area (Å²) in [6.45, 7) is 0.324. The summed E-state index contributed by atoms with van der Waals surface area (Å²) in [6.07, 6.45) is 0.327. The van der Waals surface area contributed by atoms with Gasteiger partial charge < -0.3 is 42.9 Å². The zero-order valence-electron chi connectivity index (χ0n) is 18.0. The molecule has 1 rings (SSSR count). The Hall–Kier alpha value is -3.07. The number of nitrogens with zero attached hydrogens (tertiary/aromatic N) is 2. The van der Waals surface area contributed by atoms with Crippen molar-refractivity contribution in [2.24, 2.45) is 22.2 Å². The van der Waals surface area contributed by atoms with Crippen LogP contribution in [0.1, 0.15) is 32.1 Å². The molecule has 0 aromatic rings. The van der Waals surface area contributed by atoms with Crippen LogP contribution in [0.4, 0.5) is 0 Å². The molecule has 0 spiro atoms. The lowest BCUT2D eigenvalue weighted by molar-refractivity contribution is -0.147. The molecular formula is C18H31N7O7S. The Kier molecular flexibility index (Phi) is 11.4. The lowest BCUT2D eigenvalue weighted by atomic mass is 10.1. The van der Waals surface area contributed by atoms with Crippen molar-refractivity contribution in [3.8, 4) is 0 Å². The van der Waals surface area contributed by atoms with E-state index in [1.165, 1.54) is 0 Å². The van der Waals surface area contributed by atoms with Crippen LogP contribution in [0.3, 0.4) is 0 Å². The summed E-state index contributed by atoms with van der Waals surface area (Å²) in [6, 6.07) is -4.73. The van der Waals surface area contributed by atoms with E-state index >= 15 is 0 Å². The molecule has 0 saturated carbocycles. The minimum Gasteiger partial charge on any atom is -0.481 e. The molecule has 1 fully saturated rings. The Bertz CT molecular complexity index is 775. The summed E-state index contributed by atoms with van der Waals surface area (Å²) in [7, 11) is 0. The van der Waals surface area contributed by atoms with Crippen LogP contribution < -0.4 is 27.8 Å². The van der Waals surface area contributed by atoms with Crippen LogP contribution in [0, 0.1) is 0 Å². The highest BCUT2D eigenvalue weighted by atomic mass is 32.1. The van der Waals surface area contributed by atoms with Crippen molar-refractivity contribution in [1.82, 2.24) is 15.5 Å². The first-order valence-electron chi connectivity index (χ1n) is 10.3. The summed E-state index contributed by atoms with van der Waals surface area (Å²) >= 11 is 3.90. The third-order valence-corrected chi connectivity index (χ3v) is 5.32. The number of carbonyl (C=O) groups is 5. The molecule has 33 heavy (non-hydrogen) atoms. The van der Waals surface area contributed by atoms with E-state index in [0.717, 1.165) is 4.90 Å². The SMILES string of the molecule is NC(N)=NCCCC(NC(=O)C1CCCN1C(=O)C(CC(=O)O)NC(=O)C(N)CS)C(=O)O. The van der Waals surface area contributed by atoms with Gasteiger partial charge in [-0.3, -0.25) is 24.2 Å². The van der Waals surface area contributed by atoms with Gasteiger partial charge in [-0.05, 0) is 25.7 Å². The maximum absolute atomic E-state index is 13.0. The average molecular weight is 490 g/mol. The third-order valence-electron chi connectivity index (χ3n) is 4.93. The van der Waals surface area contributed by atoms with Gasteiger partial charge in [-0.15, -0.1) is 0 Å². The number of rotatable bonds is 13. The normalized spacial score (nSPS) is 18.0. The molecule has 1 heterocycles. The van der Waals surface area contributed by atoms with E-state index in [1.54, 1.807) is 0 Å². The second-order valence-corrected chi connectivity index (χ2v) is 7.85. The van der Waals surface area contributed by atoms with Gasteiger partial charge in [0.25, 0.3) is 0 Å². The number of carboxylic acids is 2. The summed E-state index contributed by atoms with van der Waals surface area (Å²) in [5.41, 5.74) is 16.0. The highest BCUT2D eigenvalue weighted by molar-refractivity contribution is 7.80. The van der Waals surface area contributed by atoms with Crippen molar-refractivity contribution in [2.75, 3.05) is 18.8 Å². The quantitative estimate of drug-likeness (QED) is 0.0557. The second-order valence-electron chi connectivity index (χ2n) is 7.49. The first kappa shape index (κ1) is 28.0. The van der Waals surface area contributed by atoms with E-state index in [0.29, 0.717) is 12.8 Å². The predicted molar refractivity (Wildman–Crippen MR) is 120 cm³/mol. The van der Waals surface area contributed by atoms with Crippen molar-refractivity contribution in [3.05, 3.63) is 0 Å². The molecular weight excluding hydrogens is 458 g/mol. The summed E-state index contributed by atoms with van der Waals surface area (Å²) in [5.74, 6) is -4.97. The van der Waals surface area contributed by atoms with Crippen LogP contribution in [0.5, 0.6) is 0 Å². The number of amides is 3. The summed E-state index contributed by atoms with van der Waals surface area (Å²) in [4.78, 5) is 65.5. The predicted octanol–water partition coefficient (Wildman–Crippen LogP) is -3.18. The number of hydrogen-bond donors (Lipinski definition) is 8. The number of aliphatic carboxylic acids is 2. The highest BCUT2D eigenvalue weighted by Crippen LogP contribution is 2.20. The number of likely N-dealkylation sites (tertiary alicyclic amines) is 1. The standard InChI is InChI=1S/C18H31N7O7S/c19-9(8-33)14(28)24-11(7-13(26)27)16(30)25-6-2-4-12(25)15(29)23-10(17(31)32)3-1-5-22-18(20)21/h9-12,33H,1-8,19H2,(H,23,29)(H,24,28)(H,26,27)(H,31,32)(H4,20,21,22). The molecule has 0 aliphatic carbocycles. The molecule has 0 radical (unpaired) electrons. The van der Waals surface area contributed by atoms with Crippen molar-refractivity contribution >= 4 is 48.2 Å². The van der Waals surface area contributed by atoms with Crippen LogP contribution in [0.25, 0.3) is 0 Å². The molecule has 10 N–H and O–H groups in total. The Morgan fingerprint density at radius 1 is 1.12 bits per heavy atom. The number of aliphatic imine (C=N–C) groups is 1. The zero-order valence-corrected chi connectivity index (χ0v) is 18.9. The molecule has 3 amide bonds. The Labute approximate surface area is 195 Å². The number of nitrogens with one attached hydrogen (secondary N) is 2. The molecule has 0 aromatic heterocycles. The topological polar surface area (TPSA) is 244 Å². The van der Waals surface area contributed by atoms with Crippen LogP contribution in [-0.2, 0) is 24.0 Å². The molecule has 4 unspecified atom stereocenters. The van der Waals surface area contributed by atoms with Crippen molar-refractivity contribution < 1.29 is 34.2 Å². The summed E-state index contributed by atoms with van der Waals surface area (Å²) < 4.78 is 0. The molecule has 1 saturated heterocycles. The number of nitrogens with two attached hydrogens (primary N) is 3. The minimum absolute atomic E-state index is 0.0195. The fraction of sp³-hybridized carbons (Fsp3) is 0.667. The molecule has 186 valence electrons. The summed E-state index contributed by atoms with van der Waals surface area (Å²) in [5, 5.41) is 23.2. The lowest BCUT2D eigenvalue weighted by Gasteiger charge is -2.29. The van der Waals surface area contributed by atoms with Gasteiger partial charge in [0.2, 0.25) is 17.7 Å². The number of hydrogen-bond acceptors (Lipinski definition) is 8. The van der Waals surface area contributed by atoms with E-state index in [1.807, 2.05) is 0 Å². The lowest BCUT2D eigenvalue weighted by Crippen LogP contribution is -2.57. The maximum atomic E-state index is 13.0. The smallest absolute Gasteiger partial charge is 0.326 e. The molecule has 4 atom stereocenters. The molecule has 14 nitrogen and oxygen atoms in total. The molecule has 1 aliphatic heterocycles. The van der Waals surface area contributed by atoms with Gasteiger partial charge in [0.15, 0.2) is 5.96 Å². The van der Waals surface area contributed by atoms with Gasteiger partial charge in [0.05, 0.1) is 12.5 Å². The number of guanidine groups is 1. The maximum Gasteiger partial charge on any atom is 0.326 e. The number of carboxylic acid groups (broad SMARTS) is 2. The van der Waals surface area contributed by atoms with Crippen LogP contribution in [0.2, 0.25) is 0 Å². The zero-order chi connectivity index (χ0) is 25.1. The number of thiol groups is 1. The Morgan fingerprint density at radius 2 is 1.79 bits per heavy atom. The van der Waals surface area contributed by atoms with Crippen LogP contribution >= 0.6 is 12.6 Å². The van der Waals surface area contributed by atoms with E-state index in [2.05, 4.69) is 28.3 Å². The van der Waals surface area contributed by atoms with E-state index < -0.39 is 60.2 Å². The van der Waals surface area contributed by atoms with Crippen molar-refractivity contribution in [2.45, 2.75) is 56.3 Å². The van der Waals surface area contributed by atoms with Crippen molar-refractivity contribution in [3.63, 3.8) is 0 Å². The van der Waals surface area contributed by atoms with E-state index in [-0.39, 0.29) is 37.6 Å². The van der Waals surface area contributed by atoms with Gasteiger partial charge in [0.1, 0.15) is 18.1 Å². The molecule has 0 aromatic carbocycles. The average Bonchev–Trinajstić information content (AvgIpc) is 3.23. The van der Waals surface area contributed by atoms with Gasteiger partial charge in [-0.25, -0.2) is 4.79 Å². The minimum atomic E-state index is -1.44. The number of carbonyl (C=O) groups excluding carboxylic acids is 3. The van der Waals surface area contributed by atoms with Crippen molar-refractivity contribution in [1.29, 1.82) is 0 Å². The van der Waals surface area contributed by atoms with Gasteiger partial charge in [-0.1, -0.05) is 0 Å². The van der Waals surface area contributed by atoms with Crippen LogP contribution in [0.15, 0.2) is 4.99 Å². The first-order valence-corrected chi connectivity index (χ1v) is 10.9. The fourth-order valence-electron chi connectivity index (χ4n) is 3.27. The molecule has 0 bridgehead atoms. The van der Waals surface area contributed by atoms with Gasteiger partial charge in [-0.2, -0.15) is 12.6 Å². The molecule has 1 aliphatic rings. The second kappa shape index (κ2) is 13.5. The van der Waals surface area contributed by atoms with Crippen LogP contribution in [-0.4, -0.2) is 93.7 Å². The fourth-order valence-corrected chi connectivity index (χ4v) is 3.43. The van der Waals surface area contributed by atoms with E-state index in [9.17, 15) is 29.1 Å². The van der Waals surface area contributed by atoms with Gasteiger partial charge >= 0.3 is 11.9 Å². The highest BCUT2D eigenvalue weighted by Gasteiger charge is 2.39. The molecule has 15 heteroatoms. The first-order chi connectivity index (χ1) is 15.5. The Morgan fingerprint density at radius 3 is 2.33 bits per heavy atom. The monoisotopic (exact) mass is 489 g/mol. The van der Waals surface area contributed by atoms with Gasteiger partial charge in [0, 0.05) is 18.8 Å². The Balaban J connectivity index is 2.88. The third kappa shape index (κ3) is 9.13. The largest absolute Gasteiger partial charge is 0.481 e. The van der Waals surface area contributed by atoms with E-state index in [4.69, 9.17) is 22.3 Å².